The number of aromatic nitrogens is 2. The van der Waals surface area contributed by atoms with Crippen LogP contribution in [0.4, 0.5) is 4.39 Å². The Balaban J connectivity index is 2.38. The van der Waals surface area contributed by atoms with Crippen molar-refractivity contribution in [2.24, 2.45) is 5.73 Å². The van der Waals surface area contributed by atoms with E-state index in [1.54, 1.807) is 0 Å². The minimum atomic E-state index is -1.58. The summed E-state index contributed by atoms with van der Waals surface area (Å²) in [4.78, 5) is 25.4. The summed E-state index contributed by atoms with van der Waals surface area (Å²) in [6.45, 7) is 0.0474. The molecular weight excluding hydrogens is 285 g/mol. The number of nitrogens with two attached hydrogens (primary N) is 1. The van der Waals surface area contributed by atoms with Crippen molar-refractivity contribution in [3.05, 3.63) is 32.6 Å². The fraction of sp³-hybridized carbons (Fsp3) is 0.667. The van der Waals surface area contributed by atoms with Gasteiger partial charge < -0.3 is 19.9 Å². The second-order valence-corrected chi connectivity index (χ2v) is 4.69. The number of nitrogens with one attached hydrogen (secondary N) is 1. The lowest BCUT2D eigenvalue weighted by atomic mass is 10.1. The summed E-state index contributed by atoms with van der Waals surface area (Å²) in [6.07, 6.45) is -3.09. The predicted octanol–water partition coefficient (Wildman–Crippen LogP) is -1.11. The third-order valence-corrected chi connectivity index (χ3v) is 3.41. The van der Waals surface area contributed by atoms with Crippen LogP contribution in [-0.4, -0.2) is 48.8 Å². The van der Waals surface area contributed by atoms with Crippen LogP contribution in [0.15, 0.2) is 15.8 Å². The number of hydrogen-bond acceptors (Lipinski definition) is 6. The highest BCUT2D eigenvalue weighted by Crippen LogP contribution is 2.32. The fourth-order valence-corrected chi connectivity index (χ4v) is 2.36. The smallest absolute Gasteiger partial charge is 0.330 e. The molecule has 0 radical (unpaired) electrons. The Labute approximate surface area is 119 Å². The normalized spacial score (nSPS) is 29.0. The highest BCUT2D eigenvalue weighted by atomic mass is 19.1. The molecular formula is C12H18FN3O5. The van der Waals surface area contributed by atoms with Gasteiger partial charge in [0, 0.05) is 32.5 Å². The summed E-state index contributed by atoms with van der Waals surface area (Å²) in [6, 6.07) is 0. The molecule has 4 atom stereocenters. The van der Waals surface area contributed by atoms with Gasteiger partial charge in [0.15, 0.2) is 12.4 Å². The molecule has 21 heavy (non-hydrogen) atoms. The van der Waals surface area contributed by atoms with Crippen molar-refractivity contribution >= 4 is 0 Å². The van der Waals surface area contributed by atoms with Crippen LogP contribution < -0.4 is 17.0 Å². The van der Waals surface area contributed by atoms with Gasteiger partial charge in [-0.25, -0.2) is 9.18 Å². The Morgan fingerprint density at radius 2 is 2.19 bits per heavy atom. The molecule has 0 aromatic carbocycles. The number of ether oxygens (including phenoxy) is 3. The van der Waals surface area contributed by atoms with Crippen LogP contribution in [-0.2, 0) is 20.8 Å². The van der Waals surface area contributed by atoms with Crippen LogP contribution in [0.1, 0.15) is 11.8 Å². The van der Waals surface area contributed by atoms with Crippen LogP contribution in [0.25, 0.3) is 0 Å². The van der Waals surface area contributed by atoms with Crippen LogP contribution in [0.3, 0.4) is 0 Å². The molecule has 1 aromatic heterocycles. The van der Waals surface area contributed by atoms with Crippen molar-refractivity contribution in [2.75, 3.05) is 20.8 Å². The summed E-state index contributed by atoms with van der Waals surface area (Å²) in [5.74, 6) is 0. The van der Waals surface area contributed by atoms with Crippen molar-refractivity contribution in [1.82, 2.24) is 9.55 Å². The van der Waals surface area contributed by atoms with Crippen molar-refractivity contribution in [2.45, 2.75) is 31.2 Å². The molecule has 8 nitrogen and oxygen atoms in total. The number of rotatable bonds is 5. The molecule has 0 amide bonds. The first-order valence-electron chi connectivity index (χ1n) is 6.39. The lowest BCUT2D eigenvalue weighted by Crippen LogP contribution is -2.38. The highest BCUT2D eigenvalue weighted by Gasteiger charge is 2.46. The Hall–Kier alpha value is -1.55. The van der Waals surface area contributed by atoms with E-state index in [0.29, 0.717) is 0 Å². The van der Waals surface area contributed by atoms with Gasteiger partial charge in [-0.1, -0.05) is 0 Å². The van der Waals surface area contributed by atoms with Gasteiger partial charge in [-0.3, -0.25) is 14.3 Å². The number of halogens is 1. The molecule has 1 fully saturated rings. The molecule has 118 valence electrons. The van der Waals surface area contributed by atoms with Gasteiger partial charge in [0.05, 0.1) is 6.61 Å². The van der Waals surface area contributed by atoms with Gasteiger partial charge >= 0.3 is 5.69 Å². The van der Waals surface area contributed by atoms with Gasteiger partial charge in [0.1, 0.15) is 12.2 Å². The average Bonchev–Trinajstić information content (AvgIpc) is 2.75. The Morgan fingerprint density at radius 1 is 1.48 bits per heavy atom. The second kappa shape index (κ2) is 6.48. The molecule has 0 spiro atoms. The summed E-state index contributed by atoms with van der Waals surface area (Å²) in [7, 11) is 2.81. The number of aromatic amines is 1. The molecule has 2 heterocycles. The number of alkyl halides is 1. The van der Waals surface area contributed by atoms with Crippen LogP contribution in [0.2, 0.25) is 0 Å². The van der Waals surface area contributed by atoms with E-state index in [0.717, 1.165) is 4.57 Å². The summed E-state index contributed by atoms with van der Waals surface area (Å²) in [5, 5.41) is 0. The molecule has 0 saturated carbocycles. The lowest BCUT2D eigenvalue weighted by Gasteiger charge is -2.17. The topological polar surface area (TPSA) is 109 Å². The van der Waals surface area contributed by atoms with E-state index in [-0.39, 0.29) is 18.7 Å². The molecule has 1 aromatic rings. The van der Waals surface area contributed by atoms with Gasteiger partial charge in [-0.05, 0) is 0 Å². The largest absolute Gasteiger partial charge is 0.382 e. The molecule has 1 aliphatic heterocycles. The van der Waals surface area contributed by atoms with E-state index in [2.05, 4.69) is 4.98 Å². The minimum absolute atomic E-state index is 0.0749. The fourth-order valence-electron chi connectivity index (χ4n) is 2.36. The zero-order chi connectivity index (χ0) is 15.6. The van der Waals surface area contributed by atoms with E-state index in [9.17, 15) is 14.0 Å². The summed E-state index contributed by atoms with van der Waals surface area (Å²) >= 11 is 0. The number of nitrogens with zero attached hydrogens (tertiary/aromatic N) is 1. The van der Waals surface area contributed by atoms with Crippen molar-refractivity contribution < 1.29 is 18.6 Å². The van der Waals surface area contributed by atoms with Gasteiger partial charge in [-0.2, -0.15) is 0 Å². The second-order valence-electron chi connectivity index (χ2n) is 4.69. The molecule has 1 aliphatic rings. The molecule has 1 saturated heterocycles. The monoisotopic (exact) mass is 303 g/mol. The first-order chi connectivity index (χ1) is 10.0. The minimum Gasteiger partial charge on any atom is -0.382 e. The maximum Gasteiger partial charge on any atom is 0.330 e. The predicted molar refractivity (Wildman–Crippen MR) is 70.7 cm³/mol. The highest BCUT2D eigenvalue weighted by molar-refractivity contribution is 5.05. The molecule has 0 aliphatic carbocycles. The zero-order valence-electron chi connectivity index (χ0n) is 11.7. The van der Waals surface area contributed by atoms with E-state index >= 15 is 0 Å². The maximum absolute atomic E-state index is 14.4. The van der Waals surface area contributed by atoms with Crippen LogP contribution in [0.5, 0.6) is 0 Å². The summed E-state index contributed by atoms with van der Waals surface area (Å²) < 4.78 is 30.9. The quantitative estimate of drug-likeness (QED) is 0.714. The van der Waals surface area contributed by atoms with Crippen molar-refractivity contribution in [3.8, 4) is 0 Å². The third-order valence-electron chi connectivity index (χ3n) is 3.41. The number of H-pyrrole nitrogens is 1. The molecule has 2 rings (SSSR count). The molecule has 0 bridgehead atoms. The standard InChI is InChI=1S/C12H18FN3O5/c1-19-5-7-9(20-2)8(13)11(21-7)16-4-6(3-14)10(17)15-12(16)18/h4,7-9,11H,3,5,14H2,1-2H3,(H,15,17,18)/t7-,8-,9-,11-/m1/s1. The lowest BCUT2D eigenvalue weighted by molar-refractivity contribution is -0.0625. The molecule has 3 N–H and O–H groups in total. The van der Waals surface area contributed by atoms with Crippen LogP contribution >= 0.6 is 0 Å². The number of methoxy groups -OCH3 is 2. The third kappa shape index (κ3) is 2.91. The summed E-state index contributed by atoms with van der Waals surface area (Å²) in [5.41, 5.74) is 4.22. The van der Waals surface area contributed by atoms with Crippen molar-refractivity contribution in [1.29, 1.82) is 0 Å². The Bertz CT molecular complexity index is 601. The Kier molecular flexibility index (Phi) is 4.88. The van der Waals surface area contributed by atoms with Gasteiger partial charge in [0.25, 0.3) is 5.56 Å². The first kappa shape index (κ1) is 15.8. The van der Waals surface area contributed by atoms with Crippen molar-refractivity contribution in [3.63, 3.8) is 0 Å². The van der Waals surface area contributed by atoms with E-state index < -0.39 is 35.9 Å². The van der Waals surface area contributed by atoms with Gasteiger partial charge in [-0.15, -0.1) is 0 Å². The van der Waals surface area contributed by atoms with E-state index in [1.165, 1.54) is 20.4 Å². The van der Waals surface area contributed by atoms with Gasteiger partial charge in [0.2, 0.25) is 0 Å². The first-order valence-corrected chi connectivity index (χ1v) is 6.39. The molecule has 9 heteroatoms. The van der Waals surface area contributed by atoms with Crippen LogP contribution in [0, 0.1) is 0 Å². The van der Waals surface area contributed by atoms with E-state index in [4.69, 9.17) is 19.9 Å². The average molecular weight is 303 g/mol. The van der Waals surface area contributed by atoms with E-state index in [1.807, 2.05) is 0 Å². The SMILES string of the molecule is COC[C@H]1O[C@@H](n2cc(CN)c(=O)[nH]c2=O)[C@H](F)[C@@H]1OC. The molecule has 0 unspecified atom stereocenters. The Morgan fingerprint density at radius 3 is 2.76 bits per heavy atom. The maximum atomic E-state index is 14.4. The number of hydrogen-bond donors (Lipinski definition) is 2. The zero-order valence-corrected chi connectivity index (χ0v) is 11.7.